The highest BCUT2D eigenvalue weighted by Crippen LogP contribution is 2.35. The number of urea groups is 1. The van der Waals surface area contributed by atoms with Gasteiger partial charge in [-0.1, -0.05) is 6.92 Å². The van der Waals surface area contributed by atoms with Crippen molar-refractivity contribution in [3.05, 3.63) is 46.0 Å². The molecule has 3 rings (SSSR count). The zero-order chi connectivity index (χ0) is 13.9. The van der Waals surface area contributed by atoms with Crippen LogP contribution in [-0.4, -0.2) is 17.5 Å². The van der Waals surface area contributed by atoms with Crippen LogP contribution in [0.3, 0.4) is 0 Å². The lowest BCUT2D eigenvalue weighted by atomic mass is 9.98. The van der Waals surface area contributed by atoms with Crippen LogP contribution in [0.4, 0.5) is 4.79 Å². The van der Waals surface area contributed by atoms with E-state index in [2.05, 4.69) is 23.7 Å². The van der Waals surface area contributed by atoms with Crippen LogP contribution < -0.4 is 5.32 Å². The van der Waals surface area contributed by atoms with Gasteiger partial charge in [-0.2, -0.15) is 0 Å². The Morgan fingerprint density at radius 2 is 2.45 bits per heavy atom. The fourth-order valence-corrected chi connectivity index (χ4v) is 3.68. The van der Waals surface area contributed by atoms with Gasteiger partial charge in [-0.3, -0.25) is 0 Å². The van der Waals surface area contributed by atoms with Crippen molar-refractivity contribution >= 4 is 17.4 Å². The van der Waals surface area contributed by atoms with Crippen molar-refractivity contribution < 1.29 is 9.21 Å². The number of fused-ring (bicyclic) bond motifs is 1. The fourth-order valence-electron chi connectivity index (χ4n) is 2.75. The molecule has 2 amide bonds. The van der Waals surface area contributed by atoms with E-state index in [1.54, 1.807) is 23.9 Å². The maximum absolute atomic E-state index is 12.4. The summed E-state index contributed by atoms with van der Waals surface area (Å²) in [5.41, 5.74) is 2.31. The maximum Gasteiger partial charge on any atom is 0.318 e. The van der Waals surface area contributed by atoms with Crippen molar-refractivity contribution in [3.8, 4) is 0 Å². The van der Waals surface area contributed by atoms with Gasteiger partial charge in [0.2, 0.25) is 0 Å². The highest BCUT2D eigenvalue weighted by atomic mass is 32.1. The summed E-state index contributed by atoms with van der Waals surface area (Å²) in [5.74, 6) is 0. The number of hydrogen-bond donors (Lipinski definition) is 1. The average molecular weight is 290 g/mol. The van der Waals surface area contributed by atoms with Crippen LogP contribution in [0.1, 0.15) is 35.4 Å². The summed E-state index contributed by atoms with van der Waals surface area (Å²) in [7, 11) is 0. The monoisotopic (exact) mass is 290 g/mol. The molecule has 0 aliphatic carbocycles. The maximum atomic E-state index is 12.4. The van der Waals surface area contributed by atoms with Crippen LogP contribution >= 0.6 is 11.3 Å². The zero-order valence-corrected chi connectivity index (χ0v) is 12.3. The van der Waals surface area contributed by atoms with E-state index >= 15 is 0 Å². The lowest BCUT2D eigenvalue weighted by molar-refractivity contribution is 0.167. The first-order valence-electron chi connectivity index (χ1n) is 6.91. The second-order valence-corrected chi connectivity index (χ2v) is 5.96. The Kier molecular flexibility index (Phi) is 3.78. The van der Waals surface area contributed by atoms with Gasteiger partial charge in [0.25, 0.3) is 0 Å². The molecule has 2 aromatic rings. The lowest BCUT2D eigenvalue weighted by Crippen LogP contribution is -2.44. The molecule has 0 spiro atoms. The third kappa shape index (κ3) is 2.45. The van der Waals surface area contributed by atoms with Gasteiger partial charge >= 0.3 is 6.03 Å². The Bertz CT molecular complexity index is 576. The minimum absolute atomic E-state index is 0.00917. The minimum atomic E-state index is 0.00917. The third-order valence-electron chi connectivity index (χ3n) is 3.77. The average Bonchev–Trinajstić information content (AvgIpc) is 3.14. The van der Waals surface area contributed by atoms with E-state index in [1.807, 2.05) is 11.0 Å². The topological polar surface area (TPSA) is 45.5 Å². The molecule has 0 radical (unpaired) electrons. The standard InChI is InChI=1S/C15H18N2O2S/c1-2-13-12-5-8-20-14(12)3-6-17(13)15(18)16-9-11-4-7-19-10-11/h4-5,7-8,10,13H,2-3,6,9H2,1H3,(H,16,18)/t13-/m1/s1. The molecule has 1 N–H and O–H groups in total. The Balaban J connectivity index is 1.68. The van der Waals surface area contributed by atoms with Gasteiger partial charge in [-0.15, -0.1) is 11.3 Å². The number of furan rings is 1. The summed E-state index contributed by atoms with van der Waals surface area (Å²) in [5, 5.41) is 5.10. The molecule has 0 fully saturated rings. The van der Waals surface area contributed by atoms with Crippen LogP contribution in [0.5, 0.6) is 0 Å². The van der Waals surface area contributed by atoms with Gasteiger partial charge in [-0.25, -0.2) is 4.79 Å². The molecule has 1 atom stereocenters. The Morgan fingerprint density at radius 1 is 1.55 bits per heavy atom. The Labute approximate surface area is 122 Å². The summed E-state index contributed by atoms with van der Waals surface area (Å²) in [6, 6.07) is 4.23. The highest BCUT2D eigenvalue weighted by molar-refractivity contribution is 7.10. The van der Waals surface area contributed by atoms with Crippen molar-refractivity contribution in [3.63, 3.8) is 0 Å². The number of nitrogens with zero attached hydrogens (tertiary/aromatic N) is 1. The summed E-state index contributed by atoms with van der Waals surface area (Å²) >= 11 is 1.80. The number of rotatable bonds is 3. The van der Waals surface area contributed by atoms with Gasteiger partial charge in [-0.05, 0) is 35.9 Å². The van der Waals surface area contributed by atoms with Gasteiger partial charge in [0, 0.05) is 23.5 Å². The first-order valence-corrected chi connectivity index (χ1v) is 7.79. The van der Waals surface area contributed by atoms with Crippen LogP contribution in [0, 0.1) is 0 Å². The summed E-state index contributed by atoms with van der Waals surface area (Å²) in [4.78, 5) is 15.8. The van der Waals surface area contributed by atoms with E-state index in [-0.39, 0.29) is 12.1 Å². The highest BCUT2D eigenvalue weighted by Gasteiger charge is 2.30. The smallest absolute Gasteiger partial charge is 0.318 e. The van der Waals surface area contributed by atoms with E-state index in [1.165, 1.54) is 10.4 Å². The van der Waals surface area contributed by atoms with Crippen LogP contribution in [0.25, 0.3) is 0 Å². The molecule has 1 aliphatic heterocycles. The van der Waals surface area contributed by atoms with Gasteiger partial charge < -0.3 is 14.6 Å². The SMILES string of the molecule is CC[C@@H]1c2ccsc2CCN1C(=O)NCc1ccoc1. The van der Waals surface area contributed by atoms with Crippen LogP contribution in [0.2, 0.25) is 0 Å². The number of thiophene rings is 1. The molecule has 20 heavy (non-hydrogen) atoms. The van der Waals surface area contributed by atoms with Crippen molar-refractivity contribution in [1.82, 2.24) is 10.2 Å². The molecular weight excluding hydrogens is 272 g/mol. The predicted molar refractivity (Wildman–Crippen MR) is 78.7 cm³/mol. The summed E-state index contributed by atoms with van der Waals surface area (Å²) in [6.07, 6.45) is 5.19. The lowest BCUT2D eigenvalue weighted by Gasteiger charge is -2.35. The molecule has 0 bridgehead atoms. The first-order chi connectivity index (χ1) is 9.79. The van der Waals surface area contributed by atoms with Crippen LogP contribution in [0.15, 0.2) is 34.5 Å². The quantitative estimate of drug-likeness (QED) is 0.939. The van der Waals surface area contributed by atoms with E-state index < -0.39 is 0 Å². The molecular formula is C15H18N2O2S. The second kappa shape index (κ2) is 5.71. The van der Waals surface area contributed by atoms with Crippen LogP contribution in [-0.2, 0) is 13.0 Å². The number of carbonyl (C=O) groups excluding carboxylic acids is 1. The first kappa shape index (κ1) is 13.2. The molecule has 5 heteroatoms. The van der Waals surface area contributed by atoms with Gasteiger partial charge in [0.1, 0.15) is 0 Å². The molecule has 0 unspecified atom stereocenters. The van der Waals surface area contributed by atoms with E-state index in [0.29, 0.717) is 6.54 Å². The molecule has 106 valence electrons. The van der Waals surface area contributed by atoms with Gasteiger partial charge in [0.05, 0.1) is 18.6 Å². The molecule has 0 saturated carbocycles. The minimum Gasteiger partial charge on any atom is -0.472 e. The predicted octanol–water partition coefficient (Wildman–Crippen LogP) is 3.56. The Hall–Kier alpha value is -1.75. The number of amides is 2. The fraction of sp³-hybridized carbons (Fsp3) is 0.400. The van der Waals surface area contributed by atoms with Crippen molar-refractivity contribution in [2.75, 3.05) is 6.54 Å². The molecule has 3 heterocycles. The van der Waals surface area contributed by atoms with Crippen molar-refractivity contribution in [2.45, 2.75) is 32.4 Å². The molecule has 0 aromatic carbocycles. The number of hydrogen-bond acceptors (Lipinski definition) is 3. The number of nitrogens with one attached hydrogen (secondary N) is 1. The number of carbonyl (C=O) groups is 1. The molecule has 0 saturated heterocycles. The zero-order valence-electron chi connectivity index (χ0n) is 11.5. The molecule has 4 nitrogen and oxygen atoms in total. The molecule has 2 aromatic heterocycles. The van der Waals surface area contributed by atoms with Crippen molar-refractivity contribution in [2.24, 2.45) is 0 Å². The summed E-state index contributed by atoms with van der Waals surface area (Å²) < 4.78 is 5.01. The van der Waals surface area contributed by atoms with Gasteiger partial charge in [0.15, 0.2) is 0 Å². The normalized spacial score (nSPS) is 17.9. The molecule has 1 aliphatic rings. The summed E-state index contributed by atoms with van der Waals surface area (Å²) in [6.45, 7) is 3.44. The Morgan fingerprint density at radius 3 is 3.20 bits per heavy atom. The van der Waals surface area contributed by atoms with E-state index in [0.717, 1.165) is 24.9 Å². The van der Waals surface area contributed by atoms with E-state index in [9.17, 15) is 4.79 Å². The second-order valence-electron chi connectivity index (χ2n) is 4.96. The third-order valence-corrected chi connectivity index (χ3v) is 4.76. The largest absolute Gasteiger partial charge is 0.472 e. The van der Waals surface area contributed by atoms with E-state index in [4.69, 9.17) is 4.42 Å². The van der Waals surface area contributed by atoms with Crippen molar-refractivity contribution in [1.29, 1.82) is 0 Å².